The number of nitrogens with zero attached hydrogens (tertiary/aromatic N) is 1. The lowest BCUT2D eigenvalue weighted by molar-refractivity contribution is -0.145. The molecular formula is C24H30ClN3O5. The Bertz CT molecular complexity index is 950. The maximum atomic E-state index is 12.7. The Morgan fingerprint density at radius 2 is 1.70 bits per heavy atom. The molecule has 1 aliphatic heterocycles. The summed E-state index contributed by atoms with van der Waals surface area (Å²) in [5, 5.41) is 7.48. The van der Waals surface area contributed by atoms with Crippen molar-refractivity contribution in [3.05, 3.63) is 54.1 Å². The number of methoxy groups -OCH3 is 2. The van der Waals surface area contributed by atoms with E-state index in [1.165, 1.54) is 7.11 Å². The van der Waals surface area contributed by atoms with E-state index in [1.807, 2.05) is 48.5 Å². The number of hydrogen-bond acceptors (Lipinski definition) is 6. The van der Waals surface area contributed by atoms with Crippen LogP contribution in [0.15, 0.2) is 48.5 Å². The number of ether oxygens (including phenoxy) is 3. The van der Waals surface area contributed by atoms with E-state index < -0.39 is 5.92 Å². The molecule has 3 rings (SSSR count). The standard InChI is InChI=1S/C24H29N3O5.ClH/c1-30-12-11-27-20(13-19(24(27)29)14-22(28)31-2)15-32-21-9-7-17(8-10-21)16-3-5-18(6-4-16)23(25)26;/h3-10,19-20H,11-15H2,1-2H3,(H3,25,26);1H/t19-,20-;/m0./s1. The quantitative estimate of drug-likeness (QED) is 0.310. The highest BCUT2D eigenvalue weighted by Gasteiger charge is 2.40. The molecule has 1 amide bonds. The molecule has 1 heterocycles. The molecule has 0 bridgehead atoms. The van der Waals surface area contributed by atoms with E-state index in [4.69, 9.17) is 25.4 Å². The van der Waals surface area contributed by atoms with Crippen LogP contribution in [0.25, 0.3) is 11.1 Å². The number of carbonyl (C=O) groups excluding carboxylic acids is 2. The summed E-state index contributed by atoms with van der Waals surface area (Å²) < 4.78 is 15.8. The lowest BCUT2D eigenvalue weighted by Crippen LogP contribution is -2.39. The molecule has 1 saturated heterocycles. The number of nitrogen functional groups attached to an aromatic ring is 1. The topological polar surface area (TPSA) is 115 Å². The Hall–Kier alpha value is -3.10. The van der Waals surface area contributed by atoms with Crippen LogP contribution in [0, 0.1) is 11.3 Å². The Labute approximate surface area is 199 Å². The molecule has 1 fully saturated rings. The number of hydrogen-bond donors (Lipinski definition) is 2. The van der Waals surface area contributed by atoms with Gasteiger partial charge in [-0.1, -0.05) is 36.4 Å². The summed E-state index contributed by atoms with van der Waals surface area (Å²) in [7, 11) is 2.92. The molecule has 0 unspecified atom stereocenters. The van der Waals surface area contributed by atoms with Crippen molar-refractivity contribution in [3.63, 3.8) is 0 Å². The minimum atomic E-state index is -0.395. The fourth-order valence-electron chi connectivity index (χ4n) is 3.84. The molecule has 3 N–H and O–H groups in total. The maximum Gasteiger partial charge on any atom is 0.306 e. The molecule has 0 spiro atoms. The fourth-order valence-corrected chi connectivity index (χ4v) is 3.84. The van der Waals surface area contributed by atoms with Gasteiger partial charge in [-0.05, 0) is 29.7 Å². The van der Waals surface area contributed by atoms with Gasteiger partial charge in [-0.25, -0.2) is 0 Å². The van der Waals surface area contributed by atoms with Crippen LogP contribution >= 0.6 is 12.4 Å². The zero-order chi connectivity index (χ0) is 23.1. The molecule has 2 atom stereocenters. The van der Waals surface area contributed by atoms with Gasteiger partial charge in [-0.15, -0.1) is 12.4 Å². The van der Waals surface area contributed by atoms with Gasteiger partial charge in [0.05, 0.1) is 32.1 Å². The summed E-state index contributed by atoms with van der Waals surface area (Å²) in [6.07, 6.45) is 0.616. The average molecular weight is 476 g/mol. The second-order valence-corrected chi connectivity index (χ2v) is 7.72. The van der Waals surface area contributed by atoms with Crippen molar-refractivity contribution < 1.29 is 23.8 Å². The van der Waals surface area contributed by atoms with Gasteiger partial charge in [-0.2, -0.15) is 0 Å². The summed E-state index contributed by atoms with van der Waals surface area (Å²) in [6.45, 7) is 1.21. The van der Waals surface area contributed by atoms with Crippen LogP contribution in [0.5, 0.6) is 5.75 Å². The van der Waals surface area contributed by atoms with Crippen molar-refractivity contribution in [1.82, 2.24) is 4.90 Å². The SMILES string of the molecule is COCCN1C(=O)[C@H](CC(=O)OC)C[C@H]1COc1ccc(-c2ccc(C(=N)N)cc2)cc1.Cl. The van der Waals surface area contributed by atoms with E-state index in [0.717, 1.165) is 11.1 Å². The lowest BCUT2D eigenvalue weighted by Gasteiger charge is -2.24. The molecule has 178 valence electrons. The van der Waals surface area contributed by atoms with Gasteiger partial charge in [0.1, 0.15) is 18.2 Å². The van der Waals surface area contributed by atoms with E-state index in [1.54, 1.807) is 12.0 Å². The highest BCUT2D eigenvalue weighted by molar-refractivity contribution is 5.95. The van der Waals surface area contributed by atoms with Gasteiger partial charge in [0.25, 0.3) is 0 Å². The Morgan fingerprint density at radius 1 is 1.09 bits per heavy atom. The maximum absolute atomic E-state index is 12.7. The zero-order valence-corrected chi connectivity index (χ0v) is 19.6. The van der Waals surface area contributed by atoms with Crippen LogP contribution < -0.4 is 10.5 Å². The molecule has 8 nitrogen and oxygen atoms in total. The minimum absolute atomic E-state index is 0. The number of likely N-dealkylation sites (tertiary alicyclic amines) is 1. The molecule has 2 aromatic carbocycles. The van der Waals surface area contributed by atoms with E-state index in [-0.39, 0.29) is 42.6 Å². The summed E-state index contributed by atoms with van der Waals surface area (Å²) in [6, 6.07) is 15.0. The van der Waals surface area contributed by atoms with Gasteiger partial charge in [-0.3, -0.25) is 15.0 Å². The van der Waals surface area contributed by atoms with Crippen LogP contribution in [0.2, 0.25) is 0 Å². The van der Waals surface area contributed by atoms with Crippen molar-refractivity contribution in [2.24, 2.45) is 11.7 Å². The van der Waals surface area contributed by atoms with Crippen LogP contribution in [-0.4, -0.2) is 62.6 Å². The van der Waals surface area contributed by atoms with Gasteiger partial charge in [0, 0.05) is 19.2 Å². The first-order valence-electron chi connectivity index (χ1n) is 10.5. The predicted octanol–water partition coefficient (Wildman–Crippen LogP) is 2.86. The van der Waals surface area contributed by atoms with Crippen LogP contribution in [-0.2, 0) is 19.1 Å². The Balaban J connectivity index is 0.00000385. The highest BCUT2D eigenvalue weighted by Crippen LogP contribution is 2.29. The molecule has 1 aliphatic rings. The summed E-state index contributed by atoms with van der Waals surface area (Å²) >= 11 is 0. The van der Waals surface area contributed by atoms with Crippen LogP contribution in [0.3, 0.4) is 0 Å². The van der Waals surface area contributed by atoms with Crippen LogP contribution in [0.1, 0.15) is 18.4 Å². The van der Waals surface area contributed by atoms with Gasteiger partial charge < -0.3 is 24.8 Å². The van der Waals surface area contributed by atoms with E-state index in [2.05, 4.69) is 0 Å². The number of rotatable bonds is 10. The second kappa shape index (κ2) is 12.2. The molecule has 0 aromatic heterocycles. The summed E-state index contributed by atoms with van der Waals surface area (Å²) in [4.78, 5) is 26.1. The summed E-state index contributed by atoms with van der Waals surface area (Å²) in [5.41, 5.74) is 8.22. The zero-order valence-electron chi connectivity index (χ0n) is 18.8. The van der Waals surface area contributed by atoms with Crippen molar-refractivity contribution >= 4 is 30.1 Å². The Morgan fingerprint density at radius 3 is 2.24 bits per heavy atom. The molecule has 33 heavy (non-hydrogen) atoms. The first-order valence-corrected chi connectivity index (χ1v) is 10.5. The number of amides is 1. The third-order valence-electron chi connectivity index (χ3n) is 5.63. The number of carbonyl (C=O) groups is 2. The smallest absolute Gasteiger partial charge is 0.306 e. The molecule has 0 radical (unpaired) electrons. The summed E-state index contributed by atoms with van der Waals surface area (Å²) in [5.74, 6) is -0.106. The molecule has 0 aliphatic carbocycles. The minimum Gasteiger partial charge on any atom is -0.491 e. The van der Waals surface area contributed by atoms with E-state index in [0.29, 0.717) is 37.5 Å². The number of nitrogens with one attached hydrogen (secondary N) is 1. The second-order valence-electron chi connectivity index (χ2n) is 7.72. The van der Waals surface area contributed by atoms with Gasteiger partial charge in [0.15, 0.2) is 0 Å². The number of amidine groups is 1. The Kier molecular flexibility index (Phi) is 9.69. The molecule has 2 aromatic rings. The molecule has 9 heteroatoms. The molecule has 0 saturated carbocycles. The lowest BCUT2D eigenvalue weighted by atomic mass is 10.0. The third-order valence-corrected chi connectivity index (χ3v) is 5.63. The van der Waals surface area contributed by atoms with Crippen molar-refractivity contribution in [1.29, 1.82) is 5.41 Å². The highest BCUT2D eigenvalue weighted by atomic mass is 35.5. The van der Waals surface area contributed by atoms with Crippen LogP contribution in [0.4, 0.5) is 0 Å². The van der Waals surface area contributed by atoms with Crippen molar-refractivity contribution in [2.75, 3.05) is 34.0 Å². The number of nitrogens with two attached hydrogens (primary N) is 1. The number of esters is 1. The third kappa shape index (κ3) is 6.69. The first-order chi connectivity index (χ1) is 15.4. The average Bonchev–Trinajstić information content (AvgIpc) is 3.10. The molecular weight excluding hydrogens is 446 g/mol. The van der Waals surface area contributed by atoms with Gasteiger partial charge >= 0.3 is 5.97 Å². The number of halogens is 1. The predicted molar refractivity (Wildman–Crippen MR) is 128 cm³/mol. The van der Waals surface area contributed by atoms with Crippen molar-refractivity contribution in [3.8, 4) is 16.9 Å². The fraction of sp³-hybridized carbons (Fsp3) is 0.375. The monoisotopic (exact) mass is 475 g/mol. The van der Waals surface area contributed by atoms with Gasteiger partial charge in [0.2, 0.25) is 5.91 Å². The van der Waals surface area contributed by atoms with E-state index >= 15 is 0 Å². The normalized spacial score (nSPS) is 17.4. The van der Waals surface area contributed by atoms with E-state index in [9.17, 15) is 9.59 Å². The van der Waals surface area contributed by atoms with Crippen molar-refractivity contribution in [2.45, 2.75) is 18.9 Å². The number of benzene rings is 2. The largest absolute Gasteiger partial charge is 0.491 e. The first kappa shape index (κ1) is 26.2.